The molecule has 1 amide bonds. The van der Waals surface area contributed by atoms with Crippen molar-refractivity contribution in [3.63, 3.8) is 0 Å². The summed E-state index contributed by atoms with van der Waals surface area (Å²) >= 11 is 0. The van der Waals surface area contributed by atoms with Crippen molar-refractivity contribution in [3.8, 4) is 0 Å². The second-order valence-electron chi connectivity index (χ2n) is 11.8. The van der Waals surface area contributed by atoms with Gasteiger partial charge in [-0.05, 0) is 60.4 Å². The van der Waals surface area contributed by atoms with E-state index >= 15 is 0 Å². The predicted octanol–water partition coefficient (Wildman–Crippen LogP) is 1.36. The zero-order valence-electron chi connectivity index (χ0n) is 23.6. The smallest absolute Gasteiger partial charge is 0.332 e. The molecule has 2 fully saturated rings. The van der Waals surface area contributed by atoms with Crippen molar-refractivity contribution in [3.05, 3.63) is 91.9 Å². The standard InChI is InChI=1S/C31H34FN7O3/c1-36-28-27(29(41)39(31(36)42)18-26(40)34-24-14-20-4-2-3-5-21(20)15-24)38(12-10-19-6-8-23(32)9-7-19)30(35-28)37-13-11-22-16-33-17-25(22)37/h2-9,22,24-25,33H,10-18H2,1H3,(H,34,40). The second-order valence-corrected chi connectivity index (χ2v) is 11.8. The molecule has 42 heavy (non-hydrogen) atoms. The number of carbonyl (C=O) groups is 1. The Morgan fingerprint density at radius 3 is 2.52 bits per heavy atom. The molecule has 7 rings (SSSR count). The largest absolute Gasteiger partial charge is 0.351 e. The van der Waals surface area contributed by atoms with E-state index < -0.39 is 11.2 Å². The highest BCUT2D eigenvalue weighted by Gasteiger charge is 2.40. The number of imidazole rings is 1. The van der Waals surface area contributed by atoms with Gasteiger partial charge in [0.05, 0.1) is 0 Å². The first-order chi connectivity index (χ1) is 20.4. The highest BCUT2D eigenvalue weighted by atomic mass is 19.1. The third-order valence-electron chi connectivity index (χ3n) is 9.17. The second kappa shape index (κ2) is 10.5. The van der Waals surface area contributed by atoms with E-state index in [1.165, 1.54) is 27.8 Å². The average Bonchev–Trinajstić information content (AvgIpc) is 3.76. The summed E-state index contributed by atoms with van der Waals surface area (Å²) in [6.45, 7) is 2.64. The van der Waals surface area contributed by atoms with Gasteiger partial charge in [-0.2, -0.15) is 4.98 Å². The van der Waals surface area contributed by atoms with Crippen LogP contribution in [-0.2, 0) is 44.2 Å². The normalized spacial score (nSPS) is 19.9. The molecule has 1 aliphatic carbocycles. The number of nitrogens with one attached hydrogen (secondary N) is 2. The molecule has 3 aliphatic rings. The first kappa shape index (κ1) is 26.6. The van der Waals surface area contributed by atoms with Crippen LogP contribution < -0.4 is 26.8 Å². The number of amides is 1. The molecule has 0 saturated carbocycles. The topological polar surface area (TPSA) is 106 Å². The van der Waals surface area contributed by atoms with Crippen molar-refractivity contribution >= 4 is 23.0 Å². The van der Waals surface area contributed by atoms with Gasteiger partial charge >= 0.3 is 5.69 Å². The Labute approximate surface area is 241 Å². The van der Waals surface area contributed by atoms with Crippen molar-refractivity contribution in [1.82, 2.24) is 29.3 Å². The van der Waals surface area contributed by atoms with Crippen LogP contribution in [0.1, 0.15) is 23.1 Å². The van der Waals surface area contributed by atoms with E-state index in [0.717, 1.165) is 49.0 Å². The first-order valence-corrected chi connectivity index (χ1v) is 14.7. The molecule has 2 saturated heterocycles. The minimum Gasteiger partial charge on any atom is -0.351 e. The zero-order chi connectivity index (χ0) is 29.0. The maximum absolute atomic E-state index is 14.0. The Hall–Kier alpha value is -4.25. The van der Waals surface area contributed by atoms with Crippen LogP contribution in [0.25, 0.3) is 11.2 Å². The van der Waals surface area contributed by atoms with Crippen LogP contribution >= 0.6 is 0 Å². The Bertz CT molecular complexity index is 1770. The van der Waals surface area contributed by atoms with E-state index in [2.05, 4.69) is 27.7 Å². The Morgan fingerprint density at radius 1 is 1.05 bits per heavy atom. The van der Waals surface area contributed by atoms with Gasteiger partial charge in [0, 0.05) is 45.3 Å². The van der Waals surface area contributed by atoms with E-state index in [-0.39, 0.29) is 30.4 Å². The number of halogens is 1. The van der Waals surface area contributed by atoms with Crippen LogP contribution in [-0.4, -0.2) is 56.3 Å². The van der Waals surface area contributed by atoms with Gasteiger partial charge in [-0.1, -0.05) is 36.4 Å². The summed E-state index contributed by atoms with van der Waals surface area (Å²) < 4.78 is 17.8. The molecule has 10 nitrogen and oxygen atoms in total. The Balaban J connectivity index is 1.24. The lowest BCUT2D eigenvalue weighted by atomic mass is 10.1. The van der Waals surface area contributed by atoms with E-state index in [4.69, 9.17) is 4.98 Å². The van der Waals surface area contributed by atoms with Crippen LogP contribution in [0.3, 0.4) is 0 Å². The third kappa shape index (κ3) is 4.61. The van der Waals surface area contributed by atoms with Crippen LogP contribution in [0.15, 0.2) is 58.1 Å². The molecule has 4 aromatic rings. The third-order valence-corrected chi connectivity index (χ3v) is 9.17. The fraction of sp³-hybridized carbons (Fsp3) is 0.419. The number of fused-ring (bicyclic) bond motifs is 3. The van der Waals surface area contributed by atoms with Gasteiger partial charge in [-0.3, -0.25) is 14.2 Å². The van der Waals surface area contributed by atoms with Gasteiger partial charge < -0.3 is 20.1 Å². The van der Waals surface area contributed by atoms with Crippen LogP contribution in [0, 0.1) is 11.7 Å². The van der Waals surface area contributed by atoms with E-state index in [9.17, 15) is 18.8 Å². The molecule has 218 valence electrons. The molecular formula is C31H34FN7O3. The summed E-state index contributed by atoms with van der Waals surface area (Å²) in [4.78, 5) is 47.7. The molecule has 0 spiro atoms. The van der Waals surface area contributed by atoms with Gasteiger partial charge in [-0.15, -0.1) is 0 Å². The van der Waals surface area contributed by atoms with Crippen molar-refractivity contribution < 1.29 is 9.18 Å². The summed E-state index contributed by atoms with van der Waals surface area (Å²) in [5.74, 6) is 0.480. The average molecular weight is 572 g/mol. The molecule has 0 radical (unpaired) electrons. The number of benzene rings is 2. The number of anilines is 1. The summed E-state index contributed by atoms with van der Waals surface area (Å²) in [6.07, 6.45) is 3.01. The number of aromatic nitrogens is 4. The molecule has 2 aromatic heterocycles. The molecule has 11 heteroatoms. The SMILES string of the molecule is Cn1c(=O)n(CC(=O)NC2Cc3ccccc3C2)c(=O)c2c1nc(N1CCC3CNCC31)n2CCc1ccc(F)cc1. The number of nitrogens with zero attached hydrogens (tertiary/aromatic N) is 5. The van der Waals surface area contributed by atoms with Gasteiger partial charge in [0.15, 0.2) is 11.2 Å². The van der Waals surface area contributed by atoms with Crippen molar-refractivity contribution in [1.29, 1.82) is 0 Å². The monoisotopic (exact) mass is 571 g/mol. The lowest BCUT2D eigenvalue weighted by molar-refractivity contribution is -0.122. The fourth-order valence-corrected chi connectivity index (χ4v) is 7.00. The molecule has 4 heterocycles. The molecule has 2 unspecified atom stereocenters. The molecule has 2 aromatic carbocycles. The number of hydrogen-bond donors (Lipinski definition) is 2. The maximum Gasteiger partial charge on any atom is 0.332 e. The van der Waals surface area contributed by atoms with Gasteiger partial charge in [0.1, 0.15) is 12.4 Å². The van der Waals surface area contributed by atoms with E-state index in [1.807, 2.05) is 16.7 Å². The fourth-order valence-electron chi connectivity index (χ4n) is 7.00. The van der Waals surface area contributed by atoms with E-state index in [0.29, 0.717) is 36.0 Å². The Kier molecular flexibility index (Phi) is 6.69. The van der Waals surface area contributed by atoms with Gasteiger partial charge in [0.25, 0.3) is 5.56 Å². The summed E-state index contributed by atoms with van der Waals surface area (Å²) in [5, 5.41) is 6.48. The minimum atomic E-state index is -0.575. The maximum atomic E-state index is 14.0. The lowest BCUT2D eigenvalue weighted by Gasteiger charge is -2.25. The number of carbonyl (C=O) groups excluding carboxylic acids is 1. The van der Waals surface area contributed by atoms with Crippen LogP contribution in [0.2, 0.25) is 0 Å². The van der Waals surface area contributed by atoms with Crippen molar-refractivity contribution in [2.45, 2.75) is 50.9 Å². The van der Waals surface area contributed by atoms with Crippen molar-refractivity contribution in [2.75, 3.05) is 24.5 Å². The minimum absolute atomic E-state index is 0.0749. The molecule has 2 aliphatic heterocycles. The molecule has 0 bridgehead atoms. The quantitative estimate of drug-likeness (QED) is 0.347. The first-order valence-electron chi connectivity index (χ1n) is 14.7. The Morgan fingerprint density at radius 2 is 1.79 bits per heavy atom. The van der Waals surface area contributed by atoms with Crippen LogP contribution in [0.4, 0.5) is 10.3 Å². The number of rotatable bonds is 7. The lowest BCUT2D eigenvalue weighted by Crippen LogP contribution is -2.45. The molecule has 2 atom stereocenters. The molecule has 2 N–H and O–H groups in total. The summed E-state index contributed by atoms with van der Waals surface area (Å²) in [6, 6.07) is 14.6. The van der Waals surface area contributed by atoms with Gasteiger partial charge in [0.2, 0.25) is 11.9 Å². The van der Waals surface area contributed by atoms with Gasteiger partial charge in [-0.25, -0.2) is 13.8 Å². The highest BCUT2D eigenvalue weighted by molar-refractivity contribution is 5.78. The summed E-state index contributed by atoms with van der Waals surface area (Å²) in [7, 11) is 1.59. The molecular weight excluding hydrogens is 537 g/mol. The highest BCUT2D eigenvalue weighted by Crippen LogP contribution is 2.33. The number of aryl methyl sites for hydroxylation is 3. The van der Waals surface area contributed by atoms with Crippen molar-refractivity contribution in [2.24, 2.45) is 13.0 Å². The summed E-state index contributed by atoms with van der Waals surface area (Å²) in [5.41, 5.74) is 2.83. The number of hydrogen-bond acceptors (Lipinski definition) is 6. The van der Waals surface area contributed by atoms with E-state index in [1.54, 1.807) is 19.2 Å². The predicted molar refractivity (Wildman–Crippen MR) is 157 cm³/mol. The zero-order valence-corrected chi connectivity index (χ0v) is 23.6. The van der Waals surface area contributed by atoms with Crippen LogP contribution in [0.5, 0.6) is 0 Å².